The van der Waals surface area contributed by atoms with Crippen LogP contribution in [0.2, 0.25) is 0 Å². The van der Waals surface area contributed by atoms with Crippen LogP contribution in [0.3, 0.4) is 0 Å². The second kappa shape index (κ2) is 10.8. The first kappa shape index (κ1) is 23.2. The second-order valence-corrected chi connectivity index (χ2v) is 8.04. The summed E-state index contributed by atoms with van der Waals surface area (Å²) in [6, 6.07) is 22.0. The van der Waals surface area contributed by atoms with Crippen LogP contribution < -0.4 is 19.5 Å². The average molecular weight is 459 g/mol. The van der Waals surface area contributed by atoms with Crippen molar-refractivity contribution >= 4 is 16.8 Å². The lowest BCUT2D eigenvalue weighted by Crippen LogP contribution is -2.25. The zero-order valence-electron chi connectivity index (χ0n) is 19.8. The number of ether oxygens (including phenoxy) is 3. The van der Waals surface area contributed by atoms with Crippen LogP contribution in [0.15, 0.2) is 66.7 Å². The SMILES string of the molecule is COc1ccc(-c2[nH]c3ccccc3c2CCC(=O)NCCc2ccc(OC)c(OC)c2)cc1. The Kier molecular flexibility index (Phi) is 7.38. The zero-order chi connectivity index (χ0) is 23.9. The molecule has 0 fully saturated rings. The minimum atomic E-state index is 0.0337. The lowest BCUT2D eigenvalue weighted by molar-refractivity contribution is -0.121. The monoisotopic (exact) mass is 458 g/mol. The van der Waals surface area contributed by atoms with E-state index in [-0.39, 0.29) is 5.91 Å². The molecule has 2 N–H and O–H groups in total. The molecule has 4 aromatic rings. The van der Waals surface area contributed by atoms with Gasteiger partial charge in [-0.25, -0.2) is 0 Å². The van der Waals surface area contributed by atoms with Crippen molar-refractivity contribution in [3.63, 3.8) is 0 Å². The molecule has 6 heteroatoms. The van der Waals surface area contributed by atoms with E-state index in [4.69, 9.17) is 14.2 Å². The Balaban J connectivity index is 1.41. The minimum Gasteiger partial charge on any atom is -0.497 e. The van der Waals surface area contributed by atoms with Gasteiger partial charge in [-0.3, -0.25) is 4.79 Å². The molecule has 1 heterocycles. The molecule has 34 heavy (non-hydrogen) atoms. The van der Waals surface area contributed by atoms with Gasteiger partial charge < -0.3 is 24.5 Å². The molecule has 0 radical (unpaired) electrons. The highest BCUT2D eigenvalue weighted by Gasteiger charge is 2.15. The summed E-state index contributed by atoms with van der Waals surface area (Å²) in [4.78, 5) is 16.2. The zero-order valence-corrected chi connectivity index (χ0v) is 19.8. The highest BCUT2D eigenvalue weighted by Crippen LogP contribution is 2.32. The normalized spacial score (nSPS) is 10.8. The Morgan fingerprint density at radius 2 is 1.62 bits per heavy atom. The molecular formula is C28H30N2O4. The first-order valence-corrected chi connectivity index (χ1v) is 11.3. The number of nitrogens with one attached hydrogen (secondary N) is 2. The first-order valence-electron chi connectivity index (χ1n) is 11.3. The summed E-state index contributed by atoms with van der Waals surface area (Å²) in [5.74, 6) is 2.24. The fraction of sp³-hybridized carbons (Fsp3) is 0.250. The van der Waals surface area contributed by atoms with Crippen LogP contribution in [0, 0.1) is 0 Å². The molecule has 0 saturated heterocycles. The van der Waals surface area contributed by atoms with Gasteiger partial charge in [-0.1, -0.05) is 24.3 Å². The Bertz CT molecular complexity index is 1260. The standard InChI is InChI=1S/C28H30N2O4/c1-32-21-11-9-20(10-12-21)28-23(22-6-4-5-7-24(22)30-28)13-15-27(31)29-17-16-19-8-14-25(33-2)26(18-19)34-3/h4-12,14,18,30H,13,15-17H2,1-3H3,(H,29,31). The van der Waals surface area contributed by atoms with Gasteiger partial charge in [0.05, 0.1) is 21.3 Å². The lowest BCUT2D eigenvalue weighted by Gasteiger charge is -2.10. The number of para-hydroxylation sites is 1. The fourth-order valence-corrected chi connectivity index (χ4v) is 4.17. The molecule has 0 aliphatic rings. The summed E-state index contributed by atoms with van der Waals surface area (Å²) in [6.45, 7) is 0.563. The average Bonchev–Trinajstić information content (AvgIpc) is 3.26. The number of fused-ring (bicyclic) bond motifs is 1. The molecule has 0 aliphatic carbocycles. The molecule has 3 aromatic carbocycles. The number of carbonyl (C=O) groups excluding carboxylic acids is 1. The Hall–Kier alpha value is -3.93. The molecule has 1 amide bonds. The molecule has 1 aromatic heterocycles. The Morgan fingerprint density at radius 1 is 0.853 bits per heavy atom. The van der Waals surface area contributed by atoms with Crippen molar-refractivity contribution in [1.29, 1.82) is 0 Å². The fourth-order valence-electron chi connectivity index (χ4n) is 4.17. The van der Waals surface area contributed by atoms with E-state index < -0.39 is 0 Å². The van der Waals surface area contributed by atoms with E-state index in [2.05, 4.69) is 22.4 Å². The predicted octanol–water partition coefficient (Wildman–Crippen LogP) is 5.15. The third-order valence-electron chi connectivity index (χ3n) is 5.98. The van der Waals surface area contributed by atoms with Gasteiger partial charge in [-0.05, 0) is 72.0 Å². The van der Waals surface area contributed by atoms with Gasteiger partial charge >= 0.3 is 0 Å². The summed E-state index contributed by atoms with van der Waals surface area (Å²) in [6.07, 6.45) is 1.78. The van der Waals surface area contributed by atoms with E-state index in [0.717, 1.165) is 45.5 Å². The van der Waals surface area contributed by atoms with Crippen LogP contribution in [0.4, 0.5) is 0 Å². The topological polar surface area (TPSA) is 72.6 Å². The van der Waals surface area contributed by atoms with Gasteiger partial charge in [-0.2, -0.15) is 0 Å². The van der Waals surface area contributed by atoms with Crippen molar-refractivity contribution in [1.82, 2.24) is 10.3 Å². The largest absolute Gasteiger partial charge is 0.497 e. The Morgan fingerprint density at radius 3 is 2.35 bits per heavy atom. The third-order valence-corrected chi connectivity index (χ3v) is 5.98. The molecule has 0 aliphatic heterocycles. The smallest absolute Gasteiger partial charge is 0.220 e. The number of rotatable bonds is 10. The molecule has 0 bridgehead atoms. The van der Waals surface area contributed by atoms with E-state index in [1.165, 1.54) is 0 Å². The molecule has 4 rings (SSSR count). The van der Waals surface area contributed by atoms with E-state index in [1.807, 2.05) is 54.6 Å². The Labute approximate surface area is 199 Å². The van der Waals surface area contributed by atoms with Crippen LogP contribution in [0.25, 0.3) is 22.2 Å². The summed E-state index contributed by atoms with van der Waals surface area (Å²) in [5, 5.41) is 4.19. The van der Waals surface area contributed by atoms with Crippen molar-refractivity contribution < 1.29 is 19.0 Å². The highest BCUT2D eigenvalue weighted by molar-refractivity contribution is 5.91. The lowest BCUT2D eigenvalue weighted by atomic mass is 10.0. The van der Waals surface area contributed by atoms with Gasteiger partial charge in [0.1, 0.15) is 5.75 Å². The van der Waals surface area contributed by atoms with Gasteiger partial charge in [-0.15, -0.1) is 0 Å². The first-order chi connectivity index (χ1) is 16.6. The molecule has 0 saturated carbocycles. The van der Waals surface area contributed by atoms with Gasteiger partial charge in [0.2, 0.25) is 5.91 Å². The quantitative estimate of drug-likeness (QED) is 0.345. The van der Waals surface area contributed by atoms with Crippen LogP contribution in [0.5, 0.6) is 17.2 Å². The van der Waals surface area contributed by atoms with Crippen molar-refractivity contribution in [2.45, 2.75) is 19.3 Å². The number of H-pyrrole nitrogens is 1. The van der Waals surface area contributed by atoms with Crippen LogP contribution in [0.1, 0.15) is 17.5 Å². The third kappa shape index (κ3) is 5.17. The van der Waals surface area contributed by atoms with Crippen LogP contribution in [-0.4, -0.2) is 38.8 Å². The number of carbonyl (C=O) groups is 1. The van der Waals surface area contributed by atoms with E-state index in [0.29, 0.717) is 30.9 Å². The molecule has 6 nitrogen and oxygen atoms in total. The van der Waals surface area contributed by atoms with E-state index in [1.54, 1.807) is 21.3 Å². The summed E-state index contributed by atoms with van der Waals surface area (Å²) < 4.78 is 15.9. The molecule has 0 spiro atoms. The van der Waals surface area contributed by atoms with Crippen molar-refractivity contribution in [2.75, 3.05) is 27.9 Å². The van der Waals surface area contributed by atoms with Gasteiger partial charge in [0.25, 0.3) is 0 Å². The molecule has 0 atom stereocenters. The van der Waals surface area contributed by atoms with Gasteiger partial charge in [0.15, 0.2) is 11.5 Å². The summed E-state index contributed by atoms with van der Waals surface area (Å²) in [5.41, 5.74) is 5.41. The van der Waals surface area contributed by atoms with E-state index >= 15 is 0 Å². The maximum atomic E-state index is 12.6. The number of benzene rings is 3. The second-order valence-electron chi connectivity index (χ2n) is 8.04. The maximum Gasteiger partial charge on any atom is 0.220 e. The number of aryl methyl sites for hydroxylation is 1. The summed E-state index contributed by atoms with van der Waals surface area (Å²) in [7, 11) is 4.90. The summed E-state index contributed by atoms with van der Waals surface area (Å²) >= 11 is 0. The van der Waals surface area contributed by atoms with Crippen molar-refractivity contribution in [2.24, 2.45) is 0 Å². The highest BCUT2D eigenvalue weighted by atomic mass is 16.5. The molecular weight excluding hydrogens is 428 g/mol. The number of aromatic nitrogens is 1. The molecule has 0 unspecified atom stereocenters. The number of hydrogen-bond acceptors (Lipinski definition) is 4. The van der Waals surface area contributed by atoms with Crippen LogP contribution >= 0.6 is 0 Å². The number of amides is 1. The maximum absolute atomic E-state index is 12.6. The van der Waals surface area contributed by atoms with Gasteiger partial charge in [0, 0.05) is 29.6 Å². The van der Waals surface area contributed by atoms with Crippen molar-refractivity contribution in [3.05, 3.63) is 77.9 Å². The number of aromatic amines is 1. The van der Waals surface area contributed by atoms with Crippen LogP contribution in [-0.2, 0) is 17.6 Å². The molecule has 176 valence electrons. The predicted molar refractivity (Wildman–Crippen MR) is 135 cm³/mol. The number of hydrogen-bond donors (Lipinski definition) is 2. The minimum absolute atomic E-state index is 0.0337. The van der Waals surface area contributed by atoms with Crippen molar-refractivity contribution in [3.8, 4) is 28.5 Å². The number of methoxy groups -OCH3 is 3. The van der Waals surface area contributed by atoms with E-state index in [9.17, 15) is 4.79 Å².